The highest BCUT2D eigenvalue weighted by molar-refractivity contribution is 9.10. The summed E-state index contributed by atoms with van der Waals surface area (Å²) in [5.41, 5.74) is 4.33. The number of para-hydroxylation sites is 1. The molecule has 0 saturated heterocycles. The van der Waals surface area contributed by atoms with Crippen LogP contribution in [0.4, 0.5) is 0 Å². The number of nitrogens with one attached hydrogen (secondary N) is 1. The first-order chi connectivity index (χ1) is 13.9. The van der Waals surface area contributed by atoms with Crippen molar-refractivity contribution in [2.45, 2.75) is 39.8 Å². The number of halogens is 1. The smallest absolute Gasteiger partial charge is 0.262 e. The molecule has 0 unspecified atom stereocenters. The van der Waals surface area contributed by atoms with E-state index >= 15 is 0 Å². The van der Waals surface area contributed by atoms with Crippen LogP contribution in [0, 0.1) is 18.3 Å². The van der Waals surface area contributed by atoms with Gasteiger partial charge in [0.2, 0.25) is 0 Å². The van der Waals surface area contributed by atoms with Gasteiger partial charge in [0.15, 0.2) is 0 Å². The monoisotopic (exact) mass is 449 g/mol. The normalized spacial score (nSPS) is 12.6. The standard InChI is InChI=1S/C24H24BrN3O/c1-4-16(2)27-24(29)19(14-26)13-22-17(3)28(23-8-6-5-7-21(22)23)15-18-9-11-20(25)12-10-18/h5-13,16H,4,15H2,1-3H3,(H,27,29)/b19-13+/t16-/m0/s1. The second kappa shape index (κ2) is 9.11. The molecular weight excluding hydrogens is 426 g/mol. The van der Waals surface area contributed by atoms with Gasteiger partial charge in [0, 0.05) is 39.2 Å². The second-order valence-corrected chi connectivity index (χ2v) is 8.10. The van der Waals surface area contributed by atoms with Crippen LogP contribution in [0.25, 0.3) is 17.0 Å². The highest BCUT2D eigenvalue weighted by Crippen LogP contribution is 2.29. The molecule has 0 saturated carbocycles. The van der Waals surface area contributed by atoms with Crippen LogP contribution in [0.2, 0.25) is 0 Å². The van der Waals surface area contributed by atoms with Crippen molar-refractivity contribution in [2.24, 2.45) is 0 Å². The zero-order valence-electron chi connectivity index (χ0n) is 16.9. The van der Waals surface area contributed by atoms with Crippen molar-refractivity contribution >= 4 is 38.8 Å². The third kappa shape index (κ3) is 4.60. The van der Waals surface area contributed by atoms with E-state index in [9.17, 15) is 10.1 Å². The lowest BCUT2D eigenvalue weighted by atomic mass is 10.1. The van der Waals surface area contributed by atoms with Gasteiger partial charge >= 0.3 is 0 Å². The first kappa shape index (κ1) is 20.9. The van der Waals surface area contributed by atoms with E-state index in [1.165, 1.54) is 5.56 Å². The summed E-state index contributed by atoms with van der Waals surface area (Å²) in [4.78, 5) is 12.5. The molecule has 4 nitrogen and oxygen atoms in total. The van der Waals surface area contributed by atoms with E-state index in [0.29, 0.717) is 6.54 Å². The number of carbonyl (C=O) groups is 1. The molecule has 5 heteroatoms. The van der Waals surface area contributed by atoms with Crippen molar-refractivity contribution in [3.63, 3.8) is 0 Å². The minimum Gasteiger partial charge on any atom is -0.349 e. The number of hydrogen-bond acceptors (Lipinski definition) is 2. The van der Waals surface area contributed by atoms with E-state index in [2.05, 4.69) is 50.1 Å². The van der Waals surface area contributed by atoms with E-state index in [1.807, 2.05) is 51.1 Å². The number of rotatable bonds is 6. The Morgan fingerprint density at radius 2 is 1.93 bits per heavy atom. The number of carbonyl (C=O) groups excluding carboxylic acids is 1. The van der Waals surface area contributed by atoms with Gasteiger partial charge in [-0.05, 0) is 50.1 Å². The van der Waals surface area contributed by atoms with Crippen molar-refractivity contribution in [3.05, 3.63) is 75.4 Å². The zero-order chi connectivity index (χ0) is 21.0. The summed E-state index contributed by atoms with van der Waals surface area (Å²) in [6.45, 7) is 6.68. The molecule has 0 spiro atoms. The summed E-state index contributed by atoms with van der Waals surface area (Å²) in [5.74, 6) is -0.328. The molecule has 1 atom stereocenters. The third-order valence-electron chi connectivity index (χ3n) is 5.18. The minimum atomic E-state index is -0.328. The van der Waals surface area contributed by atoms with Crippen LogP contribution in [0.5, 0.6) is 0 Å². The van der Waals surface area contributed by atoms with Gasteiger partial charge in [0.05, 0.1) is 0 Å². The minimum absolute atomic E-state index is 0.0269. The lowest BCUT2D eigenvalue weighted by Gasteiger charge is -2.10. The number of nitrogens with zero attached hydrogens (tertiary/aromatic N) is 2. The number of aromatic nitrogens is 1. The molecule has 3 rings (SSSR count). The molecule has 29 heavy (non-hydrogen) atoms. The highest BCUT2D eigenvalue weighted by Gasteiger charge is 2.17. The first-order valence-corrected chi connectivity index (χ1v) is 10.5. The van der Waals surface area contributed by atoms with Crippen molar-refractivity contribution in [2.75, 3.05) is 0 Å². The SMILES string of the molecule is CC[C@H](C)NC(=O)/C(C#N)=C/c1c(C)n(Cc2ccc(Br)cc2)c2ccccc12. The molecule has 1 amide bonds. The second-order valence-electron chi connectivity index (χ2n) is 7.18. The number of amides is 1. The Morgan fingerprint density at radius 3 is 2.59 bits per heavy atom. The van der Waals surface area contributed by atoms with Crippen molar-refractivity contribution in [3.8, 4) is 6.07 Å². The molecule has 0 bridgehead atoms. The van der Waals surface area contributed by atoms with Gasteiger partial charge < -0.3 is 9.88 Å². The van der Waals surface area contributed by atoms with Gasteiger partial charge in [-0.1, -0.05) is 53.2 Å². The van der Waals surface area contributed by atoms with Gasteiger partial charge in [-0.2, -0.15) is 5.26 Å². The van der Waals surface area contributed by atoms with Crippen LogP contribution in [0.15, 0.2) is 58.6 Å². The maximum absolute atomic E-state index is 12.5. The molecule has 1 heterocycles. The van der Waals surface area contributed by atoms with Crippen LogP contribution in [-0.2, 0) is 11.3 Å². The fraction of sp³-hybridized carbons (Fsp3) is 0.250. The van der Waals surface area contributed by atoms with Gasteiger partial charge in [0.1, 0.15) is 11.6 Å². The summed E-state index contributed by atoms with van der Waals surface area (Å²) in [6.07, 6.45) is 2.53. The fourth-order valence-corrected chi connectivity index (χ4v) is 3.58. The molecule has 148 valence electrons. The van der Waals surface area contributed by atoms with E-state index in [1.54, 1.807) is 6.08 Å². The van der Waals surface area contributed by atoms with Crippen LogP contribution >= 0.6 is 15.9 Å². The number of benzene rings is 2. The van der Waals surface area contributed by atoms with E-state index in [0.717, 1.165) is 33.1 Å². The topological polar surface area (TPSA) is 57.8 Å². The van der Waals surface area contributed by atoms with Crippen LogP contribution in [-0.4, -0.2) is 16.5 Å². The summed E-state index contributed by atoms with van der Waals surface area (Å²) >= 11 is 3.48. The summed E-state index contributed by atoms with van der Waals surface area (Å²) in [6, 6.07) is 18.4. The quantitative estimate of drug-likeness (QED) is 0.394. The fourth-order valence-electron chi connectivity index (χ4n) is 3.31. The van der Waals surface area contributed by atoms with Crippen molar-refractivity contribution in [1.29, 1.82) is 5.26 Å². The molecule has 2 aromatic carbocycles. The Labute approximate surface area is 180 Å². The molecule has 3 aromatic rings. The Morgan fingerprint density at radius 1 is 1.24 bits per heavy atom. The lowest BCUT2D eigenvalue weighted by molar-refractivity contribution is -0.117. The Balaban J connectivity index is 2.06. The maximum Gasteiger partial charge on any atom is 0.262 e. The van der Waals surface area contributed by atoms with E-state index in [4.69, 9.17) is 0 Å². The first-order valence-electron chi connectivity index (χ1n) is 9.69. The zero-order valence-corrected chi connectivity index (χ0v) is 18.5. The molecule has 0 aliphatic heterocycles. The predicted octanol–water partition coefficient (Wildman–Crippen LogP) is 5.58. The summed E-state index contributed by atoms with van der Waals surface area (Å²) in [7, 11) is 0. The average molecular weight is 450 g/mol. The van der Waals surface area contributed by atoms with Gasteiger partial charge in [-0.3, -0.25) is 4.79 Å². The highest BCUT2D eigenvalue weighted by atomic mass is 79.9. The van der Waals surface area contributed by atoms with Crippen LogP contribution in [0.3, 0.4) is 0 Å². The molecule has 0 fully saturated rings. The summed E-state index contributed by atoms with van der Waals surface area (Å²) in [5, 5.41) is 13.5. The Kier molecular flexibility index (Phi) is 6.56. The van der Waals surface area contributed by atoms with Gasteiger partial charge in [-0.25, -0.2) is 0 Å². The average Bonchev–Trinajstić information content (AvgIpc) is 2.98. The predicted molar refractivity (Wildman–Crippen MR) is 121 cm³/mol. The van der Waals surface area contributed by atoms with Crippen LogP contribution < -0.4 is 5.32 Å². The molecule has 1 N–H and O–H groups in total. The van der Waals surface area contributed by atoms with Crippen molar-refractivity contribution < 1.29 is 4.79 Å². The molecular formula is C24H24BrN3O. The molecule has 1 aromatic heterocycles. The van der Waals surface area contributed by atoms with Gasteiger partial charge in [-0.15, -0.1) is 0 Å². The maximum atomic E-state index is 12.5. The van der Waals surface area contributed by atoms with Gasteiger partial charge in [0.25, 0.3) is 5.91 Å². The number of fused-ring (bicyclic) bond motifs is 1. The Bertz CT molecular complexity index is 1100. The molecule has 0 radical (unpaired) electrons. The molecule has 0 aliphatic carbocycles. The van der Waals surface area contributed by atoms with Crippen molar-refractivity contribution in [1.82, 2.24) is 9.88 Å². The number of hydrogen-bond donors (Lipinski definition) is 1. The largest absolute Gasteiger partial charge is 0.349 e. The third-order valence-corrected chi connectivity index (χ3v) is 5.71. The Hall–Kier alpha value is -2.84. The number of nitriles is 1. The van der Waals surface area contributed by atoms with E-state index < -0.39 is 0 Å². The molecule has 0 aliphatic rings. The lowest BCUT2D eigenvalue weighted by Crippen LogP contribution is -2.32. The van der Waals surface area contributed by atoms with E-state index in [-0.39, 0.29) is 17.5 Å². The summed E-state index contributed by atoms with van der Waals surface area (Å²) < 4.78 is 3.27. The van der Waals surface area contributed by atoms with Crippen LogP contribution in [0.1, 0.15) is 37.1 Å².